The SMILES string of the molecule is C=Cc1cc(OCc2c(C(=O)OCC)sc3cccc(Cl)c23)ccc1C(N)=O. The summed E-state index contributed by atoms with van der Waals surface area (Å²) in [6, 6.07) is 10.4. The summed E-state index contributed by atoms with van der Waals surface area (Å²) in [5.74, 6) is -0.433. The molecule has 1 aromatic heterocycles. The molecule has 7 heteroatoms. The number of carbonyl (C=O) groups is 2. The van der Waals surface area contributed by atoms with Gasteiger partial charge >= 0.3 is 5.97 Å². The highest BCUT2D eigenvalue weighted by Crippen LogP contribution is 2.37. The summed E-state index contributed by atoms with van der Waals surface area (Å²) in [5.41, 5.74) is 6.96. The molecule has 0 aliphatic rings. The van der Waals surface area contributed by atoms with E-state index in [-0.39, 0.29) is 13.2 Å². The van der Waals surface area contributed by atoms with Crippen LogP contribution in [-0.4, -0.2) is 18.5 Å². The molecular formula is C21H18ClNO4S. The lowest BCUT2D eigenvalue weighted by Crippen LogP contribution is -2.12. The maximum absolute atomic E-state index is 12.4. The summed E-state index contributed by atoms with van der Waals surface area (Å²) in [5, 5.41) is 1.31. The van der Waals surface area contributed by atoms with Crippen molar-refractivity contribution in [3.8, 4) is 5.75 Å². The molecule has 0 aliphatic carbocycles. The van der Waals surface area contributed by atoms with E-state index >= 15 is 0 Å². The number of carbonyl (C=O) groups excluding carboxylic acids is 2. The van der Waals surface area contributed by atoms with Crippen LogP contribution in [0.5, 0.6) is 5.75 Å². The third kappa shape index (κ3) is 3.88. The van der Waals surface area contributed by atoms with Gasteiger partial charge in [0.15, 0.2) is 0 Å². The lowest BCUT2D eigenvalue weighted by Gasteiger charge is -2.10. The minimum Gasteiger partial charge on any atom is -0.489 e. The first kappa shape index (κ1) is 19.9. The standard InChI is InChI=1S/C21H18ClNO4S/c1-3-12-10-13(8-9-14(12)20(23)24)27-11-15-18-16(22)6-5-7-17(18)28-19(15)21(25)26-4-2/h3,5-10H,1,4,11H2,2H3,(H2,23,24). The third-order valence-electron chi connectivity index (χ3n) is 4.12. The number of amides is 1. The Bertz CT molecular complexity index is 1070. The lowest BCUT2D eigenvalue weighted by molar-refractivity contribution is 0.0529. The lowest BCUT2D eigenvalue weighted by atomic mass is 10.1. The third-order valence-corrected chi connectivity index (χ3v) is 5.61. The van der Waals surface area contributed by atoms with Crippen LogP contribution in [0.15, 0.2) is 43.0 Å². The van der Waals surface area contributed by atoms with Gasteiger partial charge in [0.05, 0.1) is 6.61 Å². The second-order valence-corrected chi connectivity index (χ2v) is 7.31. The molecular weight excluding hydrogens is 398 g/mol. The summed E-state index contributed by atoms with van der Waals surface area (Å²) in [7, 11) is 0. The fraction of sp³-hybridized carbons (Fsp3) is 0.143. The normalized spacial score (nSPS) is 10.6. The first-order chi connectivity index (χ1) is 13.5. The number of primary amides is 1. The van der Waals surface area contributed by atoms with Crippen LogP contribution in [0.3, 0.4) is 0 Å². The highest BCUT2D eigenvalue weighted by molar-refractivity contribution is 7.21. The number of esters is 1. The number of rotatable bonds is 7. The van der Waals surface area contributed by atoms with Crippen molar-refractivity contribution >= 4 is 51.0 Å². The number of nitrogens with two attached hydrogens (primary N) is 1. The molecule has 2 aromatic carbocycles. The number of hydrogen-bond donors (Lipinski definition) is 1. The monoisotopic (exact) mass is 415 g/mol. The Hall–Kier alpha value is -2.83. The zero-order chi connectivity index (χ0) is 20.3. The van der Waals surface area contributed by atoms with Gasteiger partial charge in [-0.1, -0.05) is 30.3 Å². The molecule has 0 unspecified atom stereocenters. The van der Waals surface area contributed by atoms with Gasteiger partial charge in [0, 0.05) is 26.2 Å². The Morgan fingerprint density at radius 2 is 2.07 bits per heavy atom. The molecule has 0 aliphatic heterocycles. The maximum atomic E-state index is 12.4. The van der Waals surface area contributed by atoms with Gasteiger partial charge in [0.1, 0.15) is 17.2 Å². The van der Waals surface area contributed by atoms with E-state index in [2.05, 4.69) is 6.58 Å². The van der Waals surface area contributed by atoms with Crippen LogP contribution in [-0.2, 0) is 11.3 Å². The zero-order valence-corrected chi connectivity index (χ0v) is 16.7. The van der Waals surface area contributed by atoms with E-state index in [0.717, 1.165) is 10.1 Å². The number of fused-ring (bicyclic) bond motifs is 1. The van der Waals surface area contributed by atoms with E-state index < -0.39 is 11.9 Å². The predicted octanol–water partition coefficient (Wildman–Crippen LogP) is 5.05. The van der Waals surface area contributed by atoms with Crippen LogP contribution in [0.2, 0.25) is 5.02 Å². The largest absolute Gasteiger partial charge is 0.489 e. The van der Waals surface area contributed by atoms with Crippen molar-refractivity contribution in [2.24, 2.45) is 5.73 Å². The quantitative estimate of drug-likeness (QED) is 0.547. The van der Waals surface area contributed by atoms with E-state index in [1.54, 1.807) is 31.2 Å². The van der Waals surface area contributed by atoms with Crippen LogP contribution in [0, 0.1) is 0 Å². The summed E-state index contributed by atoms with van der Waals surface area (Å²) >= 11 is 7.70. The van der Waals surface area contributed by atoms with E-state index in [9.17, 15) is 9.59 Å². The molecule has 0 radical (unpaired) electrons. The molecule has 1 amide bonds. The highest BCUT2D eigenvalue weighted by Gasteiger charge is 2.21. The molecule has 0 saturated heterocycles. The smallest absolute Gasteiger partial charge is 0.348 e. The predicted molar refractivity (Wildman–Crippen MR) is 112 cm³/mol. The van der Waals surface area contributed by atoms with Crippen LogP contribution in [0.4, 0.5) is 0 Å². The fourth-order valence-corrected chi connectivity index (χ4v) is 4.32. The van der Waals surface area contributed by atoms with E-state index in [1.807, 2.05) is 12.1 Å². The van der Waals surface area contributed by atoms with Crippen molar-refractivity contribution in [2.75, 3.05) is 6.61 Å². The number of thiophene rings is 1. The summed E-state index contributed by atoms with van der Waals surface area (Å²) in [6.45, 7) is 5.84. The molecule has 1 heterocycles. The van der Waals surface area contributed by atoms with Crippen molar-refractivity contribution < 1.29 is 19.1 Å². The van der Waals surface area contributed by atoms with E-state index in [1.165, 1.54) is 17.4 Å². The first-order valence-corrected chi connectivity index (χ1v) is 9.71. The number of hydrogen-bond acceptors (Lipinski definition) is 5. The molecule has 5 nitrogen and oxygen atoms in total. The van der Waals surface area contributed by atoms with Gasteiger partial charge in [-0.05, 0) is 42.8 Å². The molecule has 2 N–H and O–H groups in total. The second kappa shape index (κ2) is 8.46. The van der Waals surface area contributed by atoms with E-state index in [0.29, 0.717) is 32.3 Å². The van der Waals surface area contributed by atoms with Gasteiger partial charge < -0.3 is 15.2 Å². The Morgan fingerprint density at radius 3 is 2.75 bits per heavy atom. The molecule has 0 saturated carbocycles. The average Bonchev–Trinajstić information content (AvgIpc) is 3.06. The number of halogens is 1. The maximum Gasteiger partial charge on any atom is 0.348 e. The molecule has 144 valence electrons. The Balaban J connectivity index is 1.98. The first-order valence-electron chi connectivity index (χ1n) is 8.52. The van der Waals surface area contributed by atoms with Crippen molar-refractivity contribution in [3.63, 3.8) is 0 Å². The van der Waals surface area contributed by atoms with Crippen LogP contribution in [0.1, 0.15) is 38.1 Å². The van der Waals surface area contributed by atoms with Gasteiger partial charge in [-0.25, -0.2) is 4.79 Å². The number of ether oxygens (including phenoxy) is 2. The van der Waals surface area contributed by atoms with Gasteiger partial charge in [0.25, 0.3) is 0 Å². The minimum atomic E-state index is -0.540. The van der Waals surface area contributed by atoms with Gasteiger partial charge in [-0.15, -0.1) is 11.3 Å². The van der Waals surface area contributed by atoms with Gasteiger partial charge in [0.2, 0.25) is 5.91 Å². The number of benzene rings is 2. The highest BCUT2D eigenvalue weighted by atomic mass is 35.5. The molecule has 0 bridgehead atoms. The Labute approximate surface area is 171 Å². The van der Waals surface area contributed by atoms with Crippen molar-refractivity contribution in [1.29, 1.82) is 0 Å². The zero-order valence-electron chi connectivity index (χ0n) is 15.2. The summed E-state index contributed by atoms with van der Waals surface area (Å²) in [6.07, 6.45) is 1.54. The van der Waals surface area contributed by atoms with Gasteiger partial charge in [-0.2, -0.15) is 0 Å². The molecule has 0 spiro atoms. The van der Waals surface area contributed by atoms with Crippen LogP contribution < -0.4 is 10.5 Å². The topological polar surface area (TPSA) is 78.6 Å². The average molecular weight is 416 g/mol. The Morgan fingerprint density at radius 1 is 1.29 bits per heavy atom. The molecule has 0 atom stereocenters. The van der Waals surface area contributed by atoms with Gasteiger partial charge in [-0.3, -0.25) is 4.79 Å². The molecule has 3 aromatic rings. The van der Waals surface area contributed by atoms with E-state index in [4.69, 9.17) is 26.8 Å². The fourth-order valence-electron chi connectivity index (χ4n) is 2.85. The van der Waals surface area contributed by atoms with Crippen molar-refractivity contribution in [3.05, 3.63) is 69.6 Å². The molecule has 0 fully saturated rings. The van der Waals surface area contributed by atoms with Crippen LogP contribution in [0.25, 0.3) is 16.2 Å². The minimum absolute atomic E-state index is 0.115. The van der Waals surface area contributed by atoms with Crippen LogP contribution >= 0.6 is 22.9 Å². The molecule has 3 rings (SSSR count). The van der Waals surface area contributed by atoms with Crippen molar-refractivity contribution in [1.82, 2.24) is 0 Å². The molecule has 28 heavy (non-hydrogen) atoms. The summed E-state index contributed by atoms with van der Waals surface area (Å²) < 4.78 is 12.0. The second-order valence-electron chi connectivity index (χ2n) is 5.85. The van der Waals surface area contributed by atoms with Crippen molar-refractivity contribution in [2.45, 2.75) is 13.5 Å². The Kier molecular flexibility index (Phi) is 6.02. The summed E-state index contributed by atoms with van der Waals surface area (Å²) in [4.78, 5) is 24.3.